The van der Waals surface area contributed by atoms with Crippen molar-refractivity contribution >= 4 is 0 Å². The minimum atomic E-state index is 0.287. The maximum atomic E-state index is 8.72. The lowest BCUT2D eigenvalue weighted by molar-refractivity contribution is 0.466. The molecule has 1 fully saturated rings. The molecular weight excluding hydrogens is 198 g/mol. The quantitative estimate of drug-likeness (QED) is 0.819. The first-order valence-corrected chi connectivity index (χ1v) is 5.73. The summed E-state index contributed by atoms with van der Waals surface area (Å²) in [7, 11) is 0. The van der Waals surface area contributed by atoms with Crippen molar-refractivity contribution < 1.29 is 0 Å². The van der Waals surface area contributed by atoms with Crippen molar-refractivity contribution in [1.82, 2.24) is 10.3 Å². The first-order chi connectivity index (χ1) is 7.76. The number of pyridine rings is 1. The Balaban J connectivity index is 1.81. The SMILES string of the molecule is Cc1cnccc1CNCC1(CC#N)CC1. The van der Waals surface area contributed by atoms with E-state index in [4.69, 9.17) is 5.26 Å². The molecule has 3 heteroatoms. The number of hydrogen-bond acceptors (Lipinski definition) is 3. The molecule has 0 aliphatic heterocycles. The Morgan fingerprint density at radius 2 is 2.38 bits per heavy atom. The highest BCUT2D eigenvalue weighted by Crippen LogP contribution is 2.47. The van der Waals surface area contributed by atoms with E-state index in [1.807, 2.05) is 18.5 Å². The first kappa shape index (κ1) is 11.1. The normalized spacial score (nSPS) is 16.8. The van der Waals surface area contributed by atoms with Crippen molar-refractivity contribution in [3.8, 4) is 6.07 Å². The van der Waals surface area contributed by atoms with E-state index < -0.39 is 0 Å². The van der Waals surface area contributed by atoms with Crippen molar-refractivity contribution in [1.29, 1.82) is 5.26 Å². The standard InChI is InChI=1S/C13H17N3/c1-11-8-15-7-2-12(11)9-16-10-13(3-4-13)5-6-14/h2,7-8,16H,3-5,9-10H2,1H3. The van der Waals surface area contributed by atoms with Crippen LogP contribution in [0.3, 0.4) is 0 Å². The Kier molecular flexibility index (Phi) is 3.21. The zero-order valence-electron chi connectivity index (χ0n) is 9.66. The summed E-state index contributed by atoms with van der Waals surface area (Å²) < 4.78 is 0. The summed E-state index contributed by atoms with van der Waals surface area (Å²) in [4.78, 5) is 4.07. The van der Waals surface area contributed by atoms with Gasteiger partial charge in [0.1, 0.15) is 0 Å². The Labute approximate surface area is 96.5 Å². The predicted octanol–water partition coefficient (Wildman–Crippen LogP) is 2.17. The Hall–Kier alpha value is -1.40. The van der Waals surface area contributed by atoms with Gasteiger partial charge in [-0.1, -0.05) is 0 Å². The minimum absolute atomic E-state index is 0.287. The Bertz CT molecular complexity index is 402. The molecule has 1 aliphatic carbocycles. The van der Waals surface area contributed by atoms with Gasteiger partial charge in [0.25, 0.3) is 0 Å². The second kappa shape index (κ2) is 4.63. The van der Waals surface area contributed by atoms with Gasteiger partial charge in [-0.2, -0.15) is 5.26 Å². The van der Waals surface area contributed by atoms with Gasteiger partial charge in [0.15, 0.2) is 0 Å². The third kappa shape index (κ3) is 2.59. The molecule has 1 aromatic heterocycles. The molecule has 16 heavy (non-hydrogen) atoms. The van der Waals surface area contributed by atoms with Gasteiger partial charge in [-0.05, 0) is 42.4 Å². The number of aryl methyl sites for hydroxylation is 1. The van der Waals surface area contributed by atoms with E-state index in [1.54, 1.807) is 0 Å². The number of nitrogens with zero attached hydrogens (tertiary/aromatic N) is 2. The summed E-state index contributed by atoms with van der Waals surface area (Å²) in [5.74, 6) is 0. The van der Waals surface area contributed by atoms with Crippen molar-refractivity contribution in [2.75, 3.05) is 6.54 Å². The summed E-state index contributed by atoms with van der Waals surface area (Å²) >= 11 is 0. The molecule has 1 aromatic rings. The van der Waals surface area contributed by atoms with E-state index >= 15 is 0 Å². The van der Waals surface area contributed by atoms with E-state index in [1.165, 1.54) is 24.0 Å². The molecule has 0 radical (unpaired) electrons. The fraction of sp³-hybridized carbons (Fsp3) is 0.538. The van der Waals surface area contributed by atoms with Crippen LogP contribution in [0.25, 0.3) is 0 Å². The van der Waals surface area contributed by atoms with Crippen LogP contribution < -0.4 is 5.32 Å². The van der Waals surface area contributed by atoms with Crippen LogP contribution in [0.5, 0.6) is 0 Å². The highest BCUT2D eigenvalue weighted by molar-refractivity contribution is 5.21. The largest absolute Gasteiger partial charge is 0.312 e. The molecule has 1 heterocycles. The summed E-state index contributed by atoms with van der Waals surface area (Å²) in [6, 6.07) is 4.33. The fourth-order valence-corrected chi connectivity index (χ4v) is 1.92. The van der Waals surface area contributed by atoms with E-state index in [0.717, 1.165) is 13.1 Å². The molecule has 1 saturated carbocycles. The summed E-state index contributed by atoms with van der Waals surface area (Å²) in [6.07, 6.45) is 6.80. The van der Waals surface area contributed by atoms with Gasteiger partial charge in [0, 0.05) is 31.9 Å². The molecule has 3 nitrogen and oxygen atoms in total. The lowest BCUT2D eigenvalue weighted by atomic mass is 10.0. The number of hydrogen-bond donors (Lipinski definition) is 1. The van der Waals surface area contributed by atoms with Gasteiger partial charge in [0.05, 0.1) is 6.07 Å². The second-order valence-electron chi connectivity index (χ2n) is 4.74. The monoisotopic (exact) mass is 215 g/mol. The maximum Gasteiger partial charge on any atom is 0.0628 e. The number of aromatic nitrogens is 1. The maximum absolute atomic E-state index is 8.72. The van der Waals surface area contributed by atoms with E-state index in [0.29, 0.717) is 6.42 Å². The van der Waals surface area contributed by atoms with Gasteiger partial charge in [0.2, 0.25) is 0 Å². The topological polar surface area (TPSA) is 48.7 Å². The summed E-state index contributed by atoms with van der Waals surface area (Å²) in [5.41, 5.74) is 2.80. The third-order valence-corrected chi connectivity index (χ3v) is 3.36. The van der Waals surface area contributed by atoms with Crippen molar-refractivity contribution in [3.63, 3.8) is 0 Å². The third-order valence-electron chi connectivity index (χ3n) is 3.36. The van der Waals surface area contributed by atoms with Crippen LogP contribution in [0, 0.1) is 23.7 Å². The Morgan fingerprint density at radius 1 is 1.56 bits per heavy atom. The summed E-state index contributed by atoms with van der Waals surface area (Å²) in [5, 5.41) is 12.2. The van der Waals surface area contributed by atoms with E-state index in [9.17, 15) is 0 Å². The number of rotatable bonds is 5. The molecule has 1 aliphatic rings. The van der Waals surface area contributed by atoms with E-state index in [2.05, 4.69) is 23.3 Å². The van der Waals surface area contributed by atoms with Crippen LogP contribution in [0.1, 0.15) is 30.4 Å². The van der Waals surface area contributed by atoms with Gasteiger partial charge in [-0.15, -0.1) is 0 Å². The van der Waals surface area contributed by atoms with Gasteiger partial charge < -0.3 is 5.32 Å². The zero-order valence-corrected chi connectivity index (χ0v) is 9.66. The van der Waals surface area contributed by atoms with Crippen LogP contribution in [0.15, 0.2) is 18.5 Å². The van der Waals surface area contributed by atoms with Crippen LogP contribution in [0.4, 0.5) is 0 Å². The van der Waals surface area contributed by atoms with Gasteiger partial charge in [-0.3, -0.25) is 4.98 Å². The fourth-order valence-electron chi connectivity index (χ4n) is 1.92. The number of nitrogens with one attached hydrogen (secondary N) is 1. The lowest BCUT2D eigenvalue weighted by Crippen LogP contribution is -2.23. The van der Waals surface area contributed by atoms with E-state index in [-0.39, 0.29) is 5.41 Å². The van der Waals surface area contributed by atoms with Crippen molar-refractivity contribution in [2.45, 2.75) is 32.7 Å². The van der Waals surface area contributed by atoms with Gasteiger partial charge in [-0.25, -0.2) is 0 Å². The molecule has 0 atom stereocenters. The average molecular weight is 215 g/mol. The predicted molar refractivity (Wildman–Crippen MR) is 62.6 cm³/mol. The van der Waals surface area contributed by atoms with Gasteiger partial charge >= 0.3 is 0 Å². The van der Waals surface area contributed by atoms with Crippen LogP contribution in [-0.4, -0.2) is 11.5 Å². The lowest BCUT2D eigenvalue weighted by Gasteiger charge is -2.13. The minimum Gasteiger partial charge on any atom is -0.312 e. The second-order valence-corrected chi connectivity index (χ2v) is 4.74. The number of nitriles is 1. The molecule has 0 aromatic carbocycles. The molecule has 2 rings (SSSR count). The molecule has 0 saturated heterocycles. The summed E-state index contributed by atoms with van der Waals surface area (Å²) in [6.45, 7) is 3.91. The van der Waals surface area contributed by atoms with Crippen LogP contribution in [0.2, 0.25) is 0 Å². The molecule has 84 valence electrons. The zero-order chi connectivity index (χ0) is 11.4. The highest BCUT2D eigenvalue weighted by Gasteiger charge is 2.41. The highest BCUT2D eigenvalue weighted by atomic mass is 14.9. The molecule has 0 spiro atoms. The van der Waals surface area contributed by atoms with Crippen molar-refractivity contribution in [3.05, 3.63) is 29.6 Å². The molecule has 0 bridgehead atoms. The molecule has 0 unspecified atom stereocenters. The Morgan fingerprint density at radius 3 is 3.00 bits per heavy atom. The smallest absolute Gasteiger partial charge is 0.0628 e. The molecule has 0 amide bonds. The van der Waals surface area contributed by atoms with Crippen LogP contribution in [-0.2, 0) is 6.54 Å². The molecular formula is C13H17N3. The molecule has 1 N–H and O–H groups in total. The van der Waals surface area contributed by atoms with Crippen molar-refractivity contribution in [2.24, 2.45) is 5.41 Å². The average Bonchev–Trinajstić information content (AvgIpc) is 3.02. The van der Waals surface area contributed by atoms with Crippen LogP contribution >= 0.6 is 0 Å². The first-order valence-electron chi connectivity index (χ1n) is 5.73.